The molecule has 51 heavy (non-hydrogen) atoms. The van der Waals surface area contributed by atoms with Crippen LogP contribution in [0.2, 0.25) is 0 Å². The maximum atomic E-state index is 6.20. The predicted molar refractivity (Wildman–Crippen MR) is 213 cm³/mol. The van der Waals surface area contributed by atoms with Gasteiger partial charge in [-0.2, -0.15) is 0 Å². The Hall–Kier alpha value is -6.58. The van der Waals surface area contributed by atoms with Crippen LogP contribution >= 0.6 is 0 Å². The maximum Gasteiger partial charge on any atom is 0.160 e. The fraction of sp³-hybridized carbons (Fsp3) is 0.0417. The summed E-state index contributed by atoms with van der Waals surface area (Å²) in [6, 6.07) is 57.1. The number of hydrogen-bond donors (Lipinski definition) is 0. The van der Waals surface area contributed by atoms with Gasteiger partial charge in [0.1, 0.15) is 11.2 Å². The van der Waals surface area contributed by atoms with E-state index in [1.807, 2.05) is 48.5 Å². The molecule has 0 spiro atoms. The van der Waals surface area contributed by atoms with Gasteiger partial charge in [-0.1, -0.05) is 134 Å². The molecule has 0 amide bonds. The van der Waals surface area contributed by atoms with Gasteiger partial charge in [0.05, 0.1) is 5.70 Å². The van der Waals surface area contributed by atoms with Gasteiger partial charge in [-0.3, -0.25) is 0 Å². The predicted octanol–water partition coefficient (Wildman–Crippen LogP) is 12.4. The van der Waals surface area contributed by atoms with Gasteiger partial charge in [-0.05, 0) is 105 Å². The molecule has 7 aromatic carbocycles. The lowest BCUT2D eigenvalue weighted by Gasteiger charge is -2.14. The first-order valence-corrected chi connectivity index (χ1v) is 17.3. The van der Waals surface area contributed by atoms with E-state index in [-0.39, 0.29) is 0 Å². The van der Waals surface area contributed by atoms with Crippen LogP contribution in [0.25, 0.3) is 61.0 Å². The molecule has 8 aromatic rings. The van der Waals surface area contributed by atoms with Gasteiger partial charge in [0.2, 0.25) is 0 Å². The van der Waals surface area contributed by atoms with E-state index in [0.29, 0.717) is 11.5 Å². The Balaban J connectivity index is 1.21. The van der Waals surface area contributed by atoms with Crippen molar-refractivity contribution in [3.05, 3.63) is 198 Å². The zero-order chi connectivity index (χ0) is 34.3. The zero-order valence-electron chi connectivity index (χ0n) is 28.3. The molecule has 0 aliphatic heterocycles. The summed E-state index contributed by atoms with van der Waals surface area (Å²) in [5, 5.41) is 2.24. The molecule has 1 aliphatic rings. The molecule has 0 saturated heterocycles. The lowest BCUT2D eigenvalue weighted by Crippen LogP contribution is -2.05. The molecule has 3 nitrogen and oxygen atoms in total. The molecule has 1 aliphatic carbocycles. The summed E-state index contributed by atoms with van der Waals surface area (Å²) in [6.45, 7) is 6.44. The van der Waals surface area contributed by atoms with Gasteiger partial charge in [-0.15, -0.1) is 0 Å². The number of fused-ring (bicyclic) bond motifs is 6. The smallest absolute Gasteiger partial charge is 0.160 e. The number of furan rings is 1. The van der Waals surface area contributed by atoms with Gasteiger partial charge in [0.25, 0.3) is 0 Å². The molecule has 0 bridgehead atoms. The van der Waals surface area contributed by atoms with E-state index in [1.54, 1.807) is 0 Å². The third-order valence-electron chi connectivity index (χ3n) is 9.84. The number of rotatable bonds is 6. The van der Waals surface area contributed by atoms with Crippen LogP contribution in [0.15, 0.2) is 185 Å². The number of hydrogen-bond acceptors (Lipinski definition) is 2. The van der Waals surface area contributed by atoms with Crippen LogP contribution in [0.5, 0.6) is 0 Å². The second kappa shape index (κ2) is 12.7. The standard InChI is InChI=1S/C48H34N2O/c1-31(33-14-5-3-6-15-33)49-48(38-20-13-19-35(26-38)34-16-7-4-8-17-34)50-32(2)39-28-40-27-36-18-9-10-21-41(36)47(40)43(30-39)37-24-25-46-44(29-37)42-22-11-12-23-45(42)51-46/h3-26,28-30H,1,27H2,2H3. The number of benzene rings is 7. The van der Waals surface area contributed by atoms with Crippen LogP contribution in [0.4, 0.5) is 0 Å². The summed E-state index contributed by atoms with van der Waals surface area (Å²) in [7, 11) is 0. The fourth-order valence-electron chi connectivity index (χ4n) is 7.28. The van der Waals surface area contributed by atoms with Crippen molar-refractivity contribution >= 4 is 39.2 Å². The fourth-order valence-corrected chi connectivity index (χ4v) is 7.28. The molecule has 242 valence electrons. The van der Waals surface area contributed by atoms with Crippen molar-refractivity contribution in [2.24, 2.45) is 9.98 Å². The SMILES string of the molecule is C=C(N=C(N=C(C)c1cc2c(c(-c3ccc4oc5ccccc5c4c3)c1)-c1ccccc1C2)c1cccc(-c2ccccc2)c1)c1ccccc1. The Labute approximate surface area is 297 Å². The number of nitrogens with zero attached hydrogens (tertiary/aromatic N) is 2. The highest BCUT2D eigenvalue weighted by atomic mass is 16.3. The van der Waals surface area contributed by atoms with Crippen molar-refractivity contribution in [2.45, 2.75) is 13.3 Å². The molecule has 3 heteroatoms. The van der Waals surface area contributed by atoms with E-state index in [1.165, 1.54) is 27.8 Å². The largest absolute Gasteiger partial charge is 0.456 e. The highest BCUT2D eigenvalue weighted by Crippen LogP contribution is 2.45. The number of aliphatic imine (C=N–C) groups is 2. The lowest BCUT2D eigenvalue weighted by atomic mass is 9.90. The Bertz CT molecular complexity index is 2680. The average Bonchev–Trinajstić information content (AvgIpc) is 3.76. The molecule has 0 saturated carbocycles. The Morgan fingerprint density at radius 2 is 1.22 bits per heavy atom. The van der Waals surface area contributed by atoms with E-state index in [4.69, 9.17) is 14.4 Å². The molecule has 1 heterocycles. The first-order chi connectivity index (χ1) is 25.1. The Morgan fingerprint density at radius 1 is 0.510 bits per heavy atom. The minimum absolute atomic E-state index is 0.621. The summed E-state index contributed by atoms with van der Waals surface area (Å²) in [6.07, 6.45) is 0.876. The summed E-state index contributed by atoms with van der Waals surface area (Å²) in [5.41, 5.74) is 16.1. The topological polar surface area (TPSA) is 37.9 Å². The first-order valence-electron chi connectivity index (χ1n) is 17.3. The quantitative estimate of drug-likeness (QED) is 0.130. The minimum atomic E-state index is 0.621. The summed E-state index contributed by atoms with van der Waals surface area (Å²) in [5.74, 6) is 0.621. The van der Waals surface area contributed by atoms with Crippen LogP contribution in [0.1, 0.15) is 34.7 Å². The van der Waals surface area contributed by atoms with Gasteiger partial charge in [0, 0.05) is 22.0 Å². The first kappa shape index (κ1) is 30.5. The van der Waals surface area contributed by atoms with E-state index < -0.39 is 0 Å². The van der Waals surface area contributed by atoms with Gasteiger partial charge < -0.3 is 4.42 Å². The molecule has 0 radical (unpaired) electrons. The second-order valence-electron chi connectivity index (χ2n) is 13.1. The van der Waals surface area contributed by atoms with E-state index in [9.17, 15) is 0 Å². The highest BCUT2D eigenvalue weighted by molar-refractivity contribution is 6.14. The van der Waals surface area contributed by atoms with Gasteiger partial charge >= 0.3 is 0 Å². The third-order valence-corrected chi connectivity index (χ3v) is 9.84. The summed E-state index contributed by atoms with van der Waals surface area (Å²) >= 11 is 0. The molecule has 0 N–H and O–H groups in total. The van der Waals surface area contributed by atoms with Crippen molar-refractivity contribution in [1.82, 2.24) is 0 Å². The Kier molecular flexibility index (Phi) is 7.59. The van der Waals surface area contributed by atoms with E-state index >= 15 is 0 Å². The van der Waals surface area contributed by atoms with Crippen molar-refractivity contribution < 1.29 is 4.42 Å². The molecule has 0 atom stereocenters. The van der Waals surface area contributed by atoms with Crippen LogP contribution in [0, 0.1) is 0 Å². The molecule has 9 rings (SSSR count). The third kappa shape index (κ3) is 5.69. The van der Waals surface area contributed by atoms with Gasteiger partial charge in [0.15, 0.2) is 5.84 Å². The van der Waals surface area contributed by atoms with E-state index in [2.05, 4.69) is 129 Å². The number of para-hydroxylation sites is 1. The van der Waals surface area contributed by atoms with E-state index in [0.717, 1.165) is 67.5 Å². The lowest BCUT2D eigenvalue weighted by molar-refractivity contribution is 0.669. The molecule has 0 fully saturated rings. The highest BCUT2D eigenvalue weighted by Gasteiger charge is 2.24. The second-order valence-corrected chi connectivity index (χ2v) is 13.1. The molecular weight excluding hydrogens is 621 g/mol. The summed E-state index contributed by atoms with van der Waals surface area (Å²) in [4.78, 5) is 10.4. The molecule has 0 unspecified atom stereocenters. The van der Waals surface area contributed by atoms with Crippen molar-refractivity contribution in [3.8, 4) is 33.4 Å². The van der Waals surface area contributed by atoms with Gasteiger partial charge in [-0.25, -0.2) is 9.98 Å². The number of amidine groups is 1. The summed E-state index contributed by atoms with van der Waals surface area (Å²) < 4.78 is 6.20. The van der Waals surface area contributed by atoms with Crippen molar-refractivity contribution in [1.29, 1.82) is 0 Å². The van der Waals surface area contributed by atoms with Crippen LogP contribution in [-0.4, -0.2) is 11.5 Å². The van der Waals surface area contributed by atoms with Crippen LogP contribution in [0.3, 0.4) is 0 Å². The normalized spacial score (nSPS) is 12.6. The average molecular weight is 655 g/mol. The van der Waals surface area contributed by atoms with Crippen LogP contribution < -0.4 is 0 Å². The van der Waals surface area contributed by atoms with Crippen LogP contribution in [-0.2, 0) is 6.42 Å². The van der Waals surface area contributed by atoms with Crippen molar-refractivity contribution in [2.75, 3.05) is 0 Å². The molecule has 1 aromatic heterocycles. The Morgan fingerprint density at radius 3 is 2.08 bits per heavy atom. The maximum absolute atomic E-state index is 6.20. The zero-order valence-corrected chi connectivity index (χ0v) is 28.3. The molecular formula is C48H34N2O. The monoisotopic (exact) mass is 654 g/mol. The minimum Gasteiger partial charge on any atom is -0.456 e. The van der Waals surface area contributed by atoms with Crippen molar-refractivity contribution in [3.63, 3.8) is 0 Å².